The van der Waals surface area contributed by atoms with E-state index in [0.717, 1.165) is 16.5 Å². The molecular formula is C11H11ClN2O2. The molecule has 0 aliphatic rings. The van der Waals surface area contributed by atoms with Crippen molar-refractivity contribution in [3.8, 4) is 0 Å². The summed E-state index contributed by atoms with van der Waals surface area (Å²) >= 11 is 5.93. The molecule has 4 N–H and O–H groups in total. The smallest absolute Gasteiger partial charge is 0.320 e. The van der Waals surface area contributed by atoms with Gasteiger partial charge in [0.25, 0.3) is 0 Å². The third kappa shape index (κ3) is 2.03. The van der Waals surface area contributed by atoms with Crippen LogP contribution in [0.1, 0.15) is 5.56 Å². The van der Waals surface area contributed by atoms with Gasteiger partial charge in [-0.3, -0.25) is 4.79 Å². The van der Waals surface area contributed by atoms with Gasteiger partial charge in [0.05, 0.1) is 5.02 Å². The van der Waals surface area contributed by atoms with Crippen molar-refractivity contribution < 1.29 is 9.90 Å². The summed E-state index contributed by atoms with van der Waals surface area (Å²) in [6.45, 7) is 0. The molecule has 0 aliphatic carbocycles. The van der Waals surface area contributed by atoms with Gasteiger partial charge in [0.15, 0.2) is 0 Å². The van der Waals surface area contributed by atoms with E-state index in [1.54, 1.807) is 6.20 Å². The molecule has 4 nitrogen and oxygen atoms in total. The maximum Gasteiger partial charge on any atom is 0.320 e. The summed E-state index contributed by atoms with van der Waals surface area (Å²) in [6.07, 6.45) is 2.01. The summed E-state index contributed by atoms with van der Waals surface area (Å²) < 4.78 is 0. The molecule has 1 atom stereocenters. The standard InChI is InChI=1S/C11H11ClN2O2/c12-8-5-14-10-4-6(1-2-7(8)10)3-9(13)11(15)16/h1-2,4-5,9,14H,3,13H2,(H,15,16). The normalized spacial score (nSPS) is 12.9. The summed E-state index contributed by atoms with van der Waals surface area (Å²) in [7, 11) is 0. The van der Waals surface area contributed by atoms with E-state index in [0.29, 0.717) is 11.4 Å². The van der Waals surface area contributed by atoms with Crippen LogP contribution in [0, 0.1) is 0 Å². The number of H-pyrrole nitrogens is 1. The average molecular weight is 239 g/mol. The number of hydrogen-bond donors (Lipinski definition) is 3. The molecule has 1 aromatic heterocycles. The van der Waals surface area contributed by atoms with E-state index in [2.05, 4.69) is 4.98 Å². The minimum Gasteiger partial charge on any atom is -0.480 e. The molecule has 0 amide bonds. The Bertz CT molecular complexity index is 536. The van der Waals surface area contributed by atoms with Crippen LogP contribution in [-0.2, 0) is 11.2 Å². The number of carboxylic acids is 1. The van der Waals surface area contributed by atoms with E-state index in [9.17, 15) is 4.79 Å². The maximum atomic E-state index is 10.6. The van der Waals surface area contributed by atoms with E-state index < -0.39 is 12.0 Å². The zero-order valence-corrected chi connectivity index (χ0v) is 9.16. The highest BCUT2D eigenvalue weighted by molar-refractivity contribution is 6.35. The molecule has 0 radical (unpaired) electrons. The van der Waals surface area contributed by atoms with Crippen molar-refractivity contribution in [3.05, 3.63) is 35.0 Å². The van der Waals surface area contributed by atoms with Gasteiger partial charge in [-0.1, -0.05) is 23.7 Å². The minimum absolute atomic E-state index is 0.307. The van der Waals surface area contributed by atoms with E-state index in [-0.39, 0.29) is 0 Å². The number of benzene rings is 1. The fourth-order valence-electron chi connectivity index (χ4n) is 1.61. The lowest BCUT2D eigenvalue weighted by atomic mass is 10.1. The molecule has 84 valence electrons. The van der Waals surface area contributed by atoms with Gasteiger partial charge in [0.2, 0.25) is 0 Å². The second kappa shape index (κ2) is 4.15. The van der Waals surface area contributed by atoms with Crippen molar-refractivity contribution in [3.63, 3.8) is 0 Å². The highest BCUT2D eigenvalue weighted by Crippen LogP contribution is 2.23. The van der Waals surface area contributed by atoms with Crippen LogP contribution < -0.4 is 5.73 Å². The molecule has 0 spiro atoms. The molecule has 5 heteroatoms. The SMILES string of the molecule is NC(Cc1ccc2c(Cl)c[nH]c2c1)C(=O)O. The number of carbonyl (C=O) groups is 1. The van der Waals surface area contributed by atoms with Gasteiger partial charge in [0, 0.05) is 17.1 Å². The predicted molar refractivity (Wildman–Crippen MR) is 62.6 cm³/mol. The lowest BCUT2D eigenvalue weighted by molar-refractivity contribution is -0.138. The number of nitrogens with one attached hydrogen (secondary N) is 1. The van der Waals surface area contributed by atoms with Gasteiger partial charge in [-0.05, 0) is 18.1 Å². The Balaban J connectivity index is 2.29. The number of aromatic amines is 1. The number of carboxylic acid groups (broad SMARTS) is 1. The van der Waals surface area contributed by atoms with E-state index in [1.807, 2.05) is 18.2 Å². The summed E-state index contributed by atoms with van der Waals surface area (Å²) in [5.74, 6) is -0.996. The Morgan fingerprint density at radius 2 is 2.31 bits per heavy atom. The van der Waals surface area contributed by atoms with Crippen molar-refractivity contribution in [2.24, 2.45) is 5.73 Å². The van der Waals surface area contributed by atoms with Gasteiger partial charge < -0.3 is 15.8 Å². The number of hydrogen-bond acceptors (Lipinski definition) is 2. The number of aromatic nitrogens is 1. The molecule has 0 fully saturated rings. The van der Waals surface area contributed by atoms with Crippen molar-refractivity contribution in [1.82, 2.24) is 4.98 Å². The van der Waals surface area contributed by atoms with Crippen LogP contribution in [0.2, 0.25) is 5.02 Å². The van der Waals surface area contributed by atoms with Crippen LogP contribution in [0.15, 0.2) is 24.4 Å². The first kappa shape index (κ1) is 11.0. The van der Waals surface area contributed by atoms with Crippen molar-refractivity contribution in [1.29, 1.82) is 0 Å². The van der Waals surface area contributed by atoms with Gasteiger partial charge in [0.1, 0.15) is 6.04 Å². The van der Waals surface area contributed by atoms with Crippen molar-refractivity contribution >= 4 is 28.5 Å². The summed E-state index contributed by atoms with van der Waals surface area (Å²) in [5.41, 5.74) is 7.23. The number of fused-ring (bicyclic) bond motifs is 1. The highest BCUT2D eigenvalue weighted by atomic mass is 35.5. The largest absolute Gasteiger partial charge is 0.480 e. The fourth-order valence-corrected chi connectivity index (χ4v) is 1.83. The number of aliphatic carboxylic acids is 1. The molecule has 2 rings (SSSR count). The van der Waals surface area contributed by atoms with E-state index in [1.165, 1.54) is 0 Å². The molecule has 16 heavy (non-hydrogen) atoms. The Kier molecular flexibility index (Phi) is 2.85. The first-order valence-corrected chi connectivity index (χ1v) is 5.19. The molecular weight excluding hydrogens is 228 g/mol. The van der Waals surface area contributed by atoms with Crippen molar-refractivity contribution in [2.45, 2.75) is 12.5 Å². The van der Waals surface area contributed by atoms with Crippen LogP contribution in [0.25, 0.3) is 10.9 Å². The summed E-state index contributed by atoms with van der Waals surface area (Å²) in [4.78, 5) is 13.6. The van der Waals surface area contributed by atoms with Crippen LogP contribution >= 0.6 is 11.6 Å². The third-order valence-corrected chi connectivity index (χ3v) is 2.78. The van der Waals surface area contributed by atoms with E-state index in [4.69, 9.17) is 22.4 Å². The Morgan fingerprint density at radius 3 is 3.00 bits per heavy atom. The van der Waals surface area contributed by atoms with Crippen LogP contribution in [0.4, 0.5) is 0 Å². The predicted octanol–water partition coefficient (Wildman–Crippen LogP) is 1.78. The quantitative estimate of drug-likeness (QED) is 0.763. The molecule has 1 unspecified atom stereocenters. The van der Waals surface area contributed by atoms with Crippen LogP contribution in [-0.4, -0.2) is 22.1 Å². The van der Waals surface area contributed by atoms with Gasteiger partial charge in [-0.15, -0.1) is 0 Å². The molecule has 0 saturated carbocycles. The number of nitrogens with two attached hydrogens (primary N) is 1. The molecule has 1 heterocycles. The highest BCUT2D eigenvalue weighted by Gasteiger charge is 2.12. The summed E-state index contributed by atoms with van der Waals surface area (Å²) in [5, 5.41) is 10.3. The molecule has 1 aromatic carbocycles. The van der Waals surface area contributed by atoms with Crippen molar-refractivity contribution in [2.75, 3.05) is 0 Å². The second-order valence-corrected chi connectivity index (χ2v) is 4.07. The first-order chi connectivity index (χ1) is 7.58. The second-order valence-electron chi connectivity index (χ2n) is 3.67. The zero-order valence-electron chi connectivity index (χ0n) is 8.40. The third-order valence-electron chi connectivity index (χ3n) is 2.47. The first-order valence-electron chi connectivity index (χ1n) is 4.82. The maximum absolute atomic E-state index is 10.6. The fraction of sp³-hybridized carbons (Fsp3) is 0.182. The monoisotopic (exact) mass is 238 g/mol. The van der Waals surface area contributed by atoms with Gasteiger partial charge in [-0.25, -0.2) is 0 Å². The lowest BCUT2D eigenvalue weighted by Crippen LogP contribution is -2.32. The van der Waals surface area contributed by atoms with E-state index >= 15 is 0 Å². The molecule has 0 aliphatic heterocycles. The minimum atomic E-state index is -0.996. The molecule has 0 saturated heterocycles. The molecule has 0 bridgehead atoms. The van der Waals surface area contributed by atoms with Gasteiger partial charge >= 0.3 is 5.97 Å². The van der Waals surface area contributed by atoms with Crippen LogP contribution in [0.5, 0.6) is 0 Å². The zero-order chi connectivity index (χ0) is 11.7. The lowest BCUT2D eigenvalue weighted by Gasteiger charge is -2.06. The average Bonchev–Trinajstić information content (AvgIpc) is 2.60. The topological polar surface area (TPSA) is 79.1 Å². The number of rotatable bonds is 3. The van der Waals surface area contributed by atoms with Gasteiger partial charge in [-0.2, -0.15) is 0 Å². The summed E-state index contributed by atoms with van der Waals surface area (Å²) in [6, 6.07) is 4.69. The van der Waals surface area contributed by atoms with Crippen LogP contribution in [0.3, 0.4) is 0 Å². The molecule has 2 aromatic rings. The number of halogens is 1. The Hall–Kier alpha value is -1.52. The Labute approximate surface area is 97.0 Å². The Morgan fingerprint density at radius 1 is 1.56 bits per heavy atom.